The summed E-state index contributed by atoms with van der Waals surface area (Å²) in [4.78, 5) is 0.0361. The van der Waals surface area contributed by atoms with Gasteiger partial charge >= 0.3 is 0 Å². The third-order valence-electron chi connectivity index (χ3n) is 3.44. The van der Waals surface area contributed by atoms with Crippen LogP contribution < -0.4 is 18.1 Å². The Morgan fingerprint density at radius 2 is 1.86 bits per heavy atom. The highest BCUT2D eigenvalue weighted by Crippen LogP contribution is 2.18. The van der Waals surface area contributed by atoms with Crippen molar-refractivity contribution in [1.29, 1.82) is 0 Å². The number of rotatable bonds is 4. The van der Waals surface area contributed by atoms with E-state index in [1.54, 1.807) is 12.1 Å². The summed E-state index contributed by atoms with van der Waals surface area (Å²) in [5.41, 5.74) is 4.57. The molecule has 22 heavy (non-hydrogen) atoms. The van der Waals surface area contributed by atoms with Crippen molar-refractivity contribution < 1.29 is 45.7 Å². The summed E-state index contributed by atoms with van der Waals surface area (Å²) < 4.78 is 34.2. The second-order valence-electron chi connectivity index (χ2n) is 5.16. The van der Waals surface area contributed by atoms with Gasteiger partial charge in [0.2, 0.25) is 0 Å². The molecule has 9 heteroatoms. The van der Waals surface area contributed by atoms with Crippen LogP contribution in [0.2, 0.25) is 0 Å². The first-order chi connectivity index (χ1) is 9.81. The lowest BCUT2D eigenvalue weighted by Gasteiger charge is -2.33. The van der Waals surface area contributed by atoms with Crippen molar-refractivity contribution in [3.8, 4) is 0 Å². The minimum absolute atomic E-state index is 0. The molecule has 4 atom stereocenters. The lowest BCUT2D eigenvalue weighted by molar-refractivity contribution is -0.462. The third kappa shape index (κ3) is 4.39. The van der Waals surface area contributed by atoms with Gasteiger partial charge in [-0.3, -0.25) is 4.18 Å². The number of halogens is 1. The van der Waals surface area contributed by atoms with Gasteiger partial charge in [0, 0.05) is 0 Å². The molecule has 1 heterocycles. The lowest BCUT2D eigenvalue weighted by atomic mass is 9.99. The topological polar surface area (TPSA) is 121 Å². The predicted molar refractivity (Wildman–Crippen MR) is 72.7 cm³/mol. The number of aliphatic hydroxyl groups is 2. The molecule has 0 radical (unpaired) electrons. The van der Waals surface area contributed by atoms with E-state index < -0.39 is 34.5 Å². The fourth-order valence-electron chi connectivity index (χ4n) is 2.02. The summed E-state index contributed by atoms with van der Waals surface area (Å²) in [5, 5.41) is 19.5. The van der Waals surface area contributed by atoms with Crippen molar-refractivity contribution in [3.63, 3.8) is 0 Å². The molecule has 126 valence electrons. The number of ether oxygens (including phenoxy) is 1. The van der Waals surface area contributed by atoms with Crippen LogP contribution in [-0.2, 0) is 19.0 Å². The molecule has 0 amide bonds. The molecule has 1 aliphatic rings. The average molecular weight is 354 g/mol. The first kappa shape index (κ1) is 19.3. The van der Waals surface area contributed by atoms with Crippen LogP contribution in [0.4, 0.5) is 0 Å². The Labute approximate surface area is 135 Å². The summed E-state index contributed by atoms with van der Waals surface area (Å²) in [5.74, 6) is 0. The standard InChI is InChI=1S/C13H19NO6S.ClH/c1-8-2-4-9(5-3-8)21(17,18)20-7-11-13(16)12(15)10(14)6-19-11;/h2-5,10-13,15-16H,6-7,14H2,1H3;1H/t10-,11-,12-,13-;/m1./s1. The van der Waals surface area contributed by atoms with Crippen LogP contribution >= 0.6 is 0 Å². The smallest absolute Gasteiger partial charge is 0.297 e. The quantitative estimate of drug-likeness (QED) is 0.469. The van der Waals surface area contributed by atoms with E-state index in [1.807, 2.05) is 6.92 Å². The fraction of sp³-hybridized carbons (Fsp3) is 0.538. The van der Waals surface area contributed by atoms with Crippen LogP contribution in [0.1, 0.15) is 5.56 Å². The Morgan fingerprint density at radius 3 is 2.45 bits per heavy atom. The third-order valence-corrected chi connectivity index (χ3v) is 4.73. The molecule has 0 bridgehead atoms. The van der Waals surface area contributed by atoms with E-state index in [0.717, 1.165) is 5.56 Å². The maximum absolute atomic E-state index is 12.0. The van der Waals surface area contributed by atoms with Crippen molar-refractivity contribution >= 4 is 10.1 Å². The summed E-state index contributed by atoms with van der Waals surface area (Å²) in [6.07, 6.45) is -3.19. The highest BCUT2D eigenvalue weighted by Gasteiger charge is 2.39. The van der Waals surface area contributed by atoms with E-state index in [4.69, 9.17) is 8.92 Å². The monoisotopic (exact) mass is 353 g/mol. The van der Waals surface area contributed by atoms with Crippen molar-refractivity contribution in [3.05, 3.63) is 29.8 Å². The van der Waals surface area contributed by atoms with Gasteiger partial charge in [-0.05, 0) is 19.1 Å². The Balaban J connectivity index is 0.00000242. The van der Waals surface area contributed by atoms with E-state index in [2.05, 4.69) is 5.73 Å². The van der Waals surface area contributed by atoms with Crippen molar-refractivity contribution in [2.75, 3.05) is 13.2 Å². The molecule has 0 unspecified atom stereocenters. The predicted octanol–water partition coefficient (Wildman–Crippen LogP) is -4.56. The molecular weight excluding hydrogens is 334 g/mol. The van der Waals surface area contributed by atoms with Gasteiger partial charge in [-0.2, -0.15) is 8.42 Å². The minimum atomic E-state index is -3.92. The van der Waals surface area contributed by atoms with Crippen molar-refractivity contribution in [1.82, 2.24) is 0 Å². The van der Waals surface area contributed by atoms with Gasteiger partial charge in [0.25, 0.3) is 10.1 Å². The number of hydrogen-bond acceptors (Lipinski definition) is 6. The largest absolute Gasteiger partial charge is 1.00 e. The van der Waals surface area contributed by atoms with Crippen LogP contribution in [0.15, 0.2) is 29.2 Å². The Morgan fingerprint density at radius 1 is 1.27 bits per heavy atom. The van der Waals surface area contributed by atoms with Crippen LogP contribution in [-0.4, -0.2) is 56.2 Å². The lowest BCUT2D eigenvalue weighted by Crippen LogP contribution is -3.00. The maximum atomic E-state index is 12.0. The summed E-state index contributed by atoms with van der Waals surface area (Å²) in [6.45, 7) is 1.62. The fourth-order valence-corrected chi connectivity index (χ4v) is 2.94. The van der Waals surface area contributed by atoms with Gasteiger partial charge in [-0.15, -0.1) is 0 Å². The van der Waals surface area contributed by atoms with Crippen molar-refractivity contribution in [2.45, 2.75) is 36.2 Å². The number of hydrogen-bond donors (Lipinski definition) is 3. The molecule has 1 aromatic rings. The van der Waals surface area contributed by atoms with Gasteiger partial charge in [0.15, 0.2) is 0 Å². The summed E-state index contributed by atoms with van der Waals surface area (Å²) in [7, 11) is -3.92. The van der Waals surface area contributed by atoms with E-state index in [1.165, 1.54) is 12.1 Å². The zero-order chi connectivity index (χ0) is 15.6. The Kier molecular flexibility index (Phi) is 6.75. The first-order valence-electron chi connectivity index (χ1n) is 6.58. The molecule has 1 aromatic carbocycles. The van der Waals surface area contributed by atoms with Gasteiger partial charge in [0.05, 0.1) is 11.5 Å². The second-order valence-corrected chi connectivity index (χ2v) is 6.78. The molecule has 1 aliphatic heterocycles. The van der Waals surface area contributed by atoms with Crippen LogP contribution in [0.25, 0.3) is 0 Å². The van der Waals surface area contributed by atoms with Crippen molar-refractivity contribution in [2.24, 2.45) is 0 Å². The summed E-state index contributed by atoms with van der Waals surface area (Å²) >= 11 is 0. The van der Waals surface area contributed by atoms with E-state index in [9.17, 15) is 18.6 Å². The van der Waals surface area contributed by atoms with Gasteiger partial charge in [-0.1, -0.05) is 17.7 Å². The van der Waals surface area contributed by atoms with Crippen LogP contribution in [0.3, 0.4) is 0 Å². The number of quaternary nitrogens is 1. The maximum Gasteiger partial charge on any atom is 0.297 e. The zero-order valence-corrected chi connectivity index (χ0v) is 13.6. The van der Waals surface area contributed by atoms with Gasteiger partial charge in [0.1, 0.15) is 31.0 Å². The number of benzene rings is 1. The minimum Gasteiger partial charge on any atom is -1.00 e. The molecule has 2 rings (SSSR count). The van der Waals surface area contributed by atoms with Gasteiger partial charge in [-0.25, -0.2) is 0 Å². The molecular formula is C13H20ClNO6S. The van der Waals surface area contributed by atoms with E-state index in [-0.39, 0.29) is 30.5 Å². The number of aryl methyl sites for hydroxylation is 1. The molecule has 0 spiro atoms. The molecule has 1 fully saturated rings. The molecule has 5 N–H and O–H groups in total. The SMILES string of the molecule is Cc1ccc(S(=O)(=O)OC[C@H]2OC[C@@H]([NH3+])[C@@H](O)[C@@H]2O)cc1.[Cl-]. The normalized spacial score (nSPS) is 28.9. The molecule has 0 saturated carbocycles. The van der Waals surface area contributed by atoms with E-state index in [0.29, 0.717) is 0 Å². The first-order valence-corrected chi connectivity index (χ1v) is 7.99. The number of aliphatic hydroxyl groups excluding tert-OH is 2. The highest BCUT2D eigenvalue weighted by molar-refractivity contribution is 7.86. The molecule has 1 saturated heterocycles. The second kappa shape index (κ2) is 7.69. The average Bonchev–Trinajstić information content (AvgIpc) is 2.44. The molecule has 0 aliphatic carbocycles. The zero-order valence-electron chi connectivity index (χ0n) is 12.1. The van der Waals surface area contributed by atoms with Gasteiger partial charge < -0.3 is 33.1 Å². The van der Waals surface area contributed by atoms with Crippen LogP contribution in [0, 0.1) is 6.92 Å². The van der Waals surface area contributed by atoms with Crippen LogP contribution in [0.5, 0.6) is 0 Å². The Bertz CT molecular complexity index is 579. The Hall–Kier alpha value is -0.740. The molecule has 0 aromatic heterocycles. The van der Waals surface area contributed by atoms with E-state index >= 15 is 0 Å². The highest BCUT2D eigenvalue weighted by atomic mass is 35.5. The summed E-state index contributed by atoms with van der Waals surface area (Å²) in [6, 6.07) is 5.77. The molecule has 7 nitrogen and oxygen atoms in total.